The molecule has 0 bridgehead atoms. The maximum absolute atomic E-state index is 14.2. The number of likely N-dealkylation sites (N-methyl/N-ethyl adjacent to an activating group) is 1. The minimum atomic E-state index is -4.40. The van der Waals surface area contributed by atoms with Crippen LogP contribution in [0, 0.1) is 0 Å². The first-order chi connectivity index (χ1) is 44.2. The van der Waals surface area contributed by atoms with Gasteiger partial charge in [-0.05, 0) is 106 Å². The number of carbonyl (C=O) groups excluding carboxylic acids is 3. The molecule has 0 fully saturated rings. The molecule has 18 nitrogen and oxygen atoms in total. The van der Waals surface area contributed by atoms with Crippen LogP contribution in [-0.4, -0.2) is 96.4 Å². The molecule has 0 aliphatic carbocycles. The van der Waals surface area contributed by atoms with E-state index in [1.165, 1.54) is 139 Å². The second kappa shape index (κ2) is 37.1. The van der Waals surface area contributed by atoms with Gasteiger partial charge >= 0.3 is 18.3 Å². The Labute approximate surface area is 556 Å². The monoisotopic (exact) mass is 1360 g/mol. The Morgan fingerprint density at radius 1 is 0.626 bits per heavy atom. The van der Waals surface area contributed by atoms with Gasteiger partial charge in [0.2, 0.25) is 0 Å². The number of carbonyl (C=O) groups is 3. The number of ether oxygens (including phenoxy) is 6. The van der Waals surface area contributed by atoms with Crippen LogP contribution < -0.4 is 29.7 Å². The summed E-state index contributed by atoms with van der Waals surface area (Å²) in [6, 6.07) is 34.0. The highest BCUT2D eigenvalue weighted by Crippen LogP contribution is 2.57. The quantitative estimate of drug-likeness (QED) is 0.00536. The SMILES string of the molecule is CCCCCCCCCCCCCCCCCCOP(=O)([O-])OCC[N+](C)(C)Cc1ccc(CNC(=S)Nc2ccc3c(c2)C(=O)OC32c3ccc(OC(=O)OCCSSc4ccccn4)cc3Oc3cc(OC(=O)OCCSSc4ccccn4)ccc32)cc1. The van der Waals surface area contributed by atoms with Gasteiger partial charge in [-0.3, -0.25) is 4.57 Å². The maximum atomic E-state index is 14.2. The number of nitrogens with one attached hydrogen (secondary N) is 2. The van der Waals surface area contributed by atoms with Gasteiger partial charge in [-0.25, -0.2) is 24.4 Å². The molecule has 4 heterocycles. The van der Waals surface area contributed by atoms with Crippen molar-refractivity contribution in [2.75, 3.05) is 63.9 Å². The van der Waals surface area contributed by atoms with Crippen molar-refractivity contribution < 1.29 is 65.8 Å². The van der Waals surface area contributed by atoms with E-state index in [0.29, 0.717) is 69.5 Å². The second-order valence-corrected chi connectivity index (χ2v) is 29.3. The average molecular weight is 1360 g/mol. The molecule has 2 aliphatic rings. The molecule has 1 spiro atoms. The molecule has 1 unspecified atom stereocenters. The van der Waals surface area contributed by atoms with Crippen LogP contribution in [0.25, 0.3) is 0 Å². The summed E-state index contributed by atoms with van der Waals surface area (Å²) >= 11 is 5.73. The Morgan fingerprint density at radius 3 is 1.66 bits per heavy atom. The molecule has 0 saturated carbocycles. The van der Waals surface area contributed by atoms with Gasteiger partial charge < -0.3 is 57.5 Å². The maximum Gasteiger partial charge on any atom is 0.513 e. The van der Waals surface area contributed by atoms with Crippen LogP contribution in [0.15, 0.2) is 138 Å². The topological polar surface area (TPSA) is 215 Å². The molecule has 91 heavy (non-hydrogen) atoms. The van der Waals surface area contributed by atoms with E-state index in [0.717, 1.165) is 34.0 Å². The number of aromatic nitrogens is 2. The number of phosphoric ester groups is 1. The molecule has 0 saturated heterocycles. The predicted octanol–water partition coefficient (Wildman–Crippen LogP) is 16.8. The summed E-state index contributed by atoms with van der Waals surface area (Å²) in [6.45, 7) is 4.10. The molecule has 24 heteroatoms. The van der Waals surface area contributed by atoms with Crippen molar-refractivity contribution in [3.63, 3.8) is 0 Å². The second-order valence-electron chi connectivity index (χ2n) is 22.7. The van der Waals surface area contributed by atoms with Gasteiger partial charge in [0.25, 0.3) is 7.82 Å². The molecule has 2 N–H and O–H groups in total. The van der Waals surface area contributed by atoms with Crippen molar-refractivity contribution in [2.24, 2.45) is 0 Å². The number of benzene rings is 4. The Bertz CT molecular complexity index is 3230. The van der Waals surface area contributed by atoms with Gasteiger partial charge in [0.05, 0.1) is 26.3 Å². The van der Waals surface area contributed by atoms with E-state index in [9.17, 15) is 23.8 Å². The van der Waals surface area contributed by atoms with Gasteiger partial charge in [0.1, 0.15) is 66.0 Å². The third-order valence-corrected chi connectivity index (χ3v) is 20.7. The third-order valence-electron chi connectivity index (χ3n) is 15.0. The van der Waals surface area contributed by atoms with Crippen LogP contribution in [0.2, 0.25) is 0 Å². The number of hydrogen-bond donors (Lipinski definition) is 2. The van der Waals surface area contributed by atoms with Gasteiger partial charge in [0.15, 0.2) is 10.7 Å². The van der Waals surface area contributed by atoms with Crippen molar-refractivity contribution in [3.05, 3.63) is 161 Å². The van der Waals surface area contributed by atoms with E-state index < -0.39 is 31.7 Å². The molecule has 1 atom stereocenters. The predicted molar refractivity (Wildman–Crippen MR) is 363 cm³/mol. The number of nitrogens with zero attached hydrogens (tertiary/aromatic N) is 3. The lowest BCUT2D eigenvalue weighted by Crippen LogP contribution is -2.41. The Hall–Kier alpha value is -5.85. The summed E-state index contributed by atoms with van der Waals surface area (Å²) < 4.78 is 58.3. The van der Waals surface area contributed by atoms with E-state index in [1.807, 2.05) is 74.8 Å². The largest absolute Gasteiger partial charge is 0.756 e. The first-order valence-corrected chi connectivity index (χ1v) is 37.7. The van der Waals surface area contributed by atoms with E-state index in [-0.39, 0.29) is 55.0 Å². The Kier molecular flexibility index (Phi) is 29.0. The molecule has 2 aromatic heterocycles. The molecular formula is C67H82N5O13PS5. The number of phosphoric acid groups is 1. The first-order valence-electron chi connectivity index (χ1n) is 31.2. The normalized spacial score (nSPS) is 13.4. The van der Waals surface area contributed by atoms with Gasteiger partial charge in [-0.2, -0.15) is 0 Å². The van der Waals surface area contributed by atoms with E-state index in [1.54, 1.807) is 54.9 Å². The average Bonchev–Trinajstić information content (AvgIpc) is 1.50. The number of thiocarbonyl (C=S) groups is 1. The summed E-state index contributed by atoms with van der Waals surface area (Å²) in [4.78, 5) is 61.1. The number of fused-ring (bicyclic) bond motifs is 6. The molecule has 0 radical (unpaired) electrons. The zero-order chi connectivity index (χ0) is 64.2. The number of unbranched alkanes of at least 4 members (excludes halogenated alkanes) is 15. The highest BCUT2D eigenvalue weighted by molar-refractivity contribution is 8.77. The third kappa shape index (κ3) is 23.3. The molecule has 8 rings (SSSR count). The molecule has 0 amide bonds. The highest BCUT2D eigenvalue weighted by atomic mass is 33.1. The number of hydrogen-bond acceptors (Lipinski definition) is 20. The van der Waals surface area contributed by atoms with Crippen LogP contribution in [0.5, 0.6) is 23.0 Å². The Balaban J connectivity index is 0.800. The summed E-state index contributed by atoms with van der Waals surface area (Å²) in [5.74, 6) is 0.957. The lowest BCUT2D eigenvalue weighted by molar-refractivity contribution is -0.903. The van der Waals surface area contributed by atoms with Crippen molar-refractivity contribution in [3.8, 4) is 23.0 Å². The zero-order valence-corrected chi connectivity index (χ0v) is 56.9. The van der Waals surface area contributed by atoms with Crippen LogP contribution in [0.1, 0.15) is 148 Å². The van der Waals surface area contributed by atoms with E-state index >= 15 is 0 Å². The van der Waals surface area contributed by atoms with E-state index in [2.05, 4.69) is 27.5 Å². The number of rotatable bonds is 39. The standard InChI is InChI=1S/C67H82N5O13PS5/c1-4-5-6-7-8-9-10-11-12-13-14-15-16-17-18-23-39-80-86(76,77)81-40-38-72(2,3)49-51-28-26-50(27-29-51)48-70-64(87)71-52-30-33-56-55(45-52)63(73)85-67(56)57-34-31-53(82-65(74)78-41-43-88-90-61-24-19-21-36-68-61)46-59(57)84-60-47-54(32-35-58(60)67)83-66(75)79-42-44-89-91-62-25-20-22-37-69-62/h19-22,24-37,45-47H,4-18,23,38-44,48-49H2,1-3H3,(H2-,70,71,76,77,87). The minimum absolute atomic E-state index is 0.0148. The fraction of sp³-hybridized carbons (Fsp3) is 0.433. The number of esters is 1. The van der Waals surface area contributed by atoms with Gasteiger partial charge in [0, 0.05) is 70.5 Å². The minimum Gasteiger partial charge on any atom is -0.756 e. The van der Waals surface area contributed by atoms with Crippen molar-refractivity contribution in [1.82, 2.24) is 15.3 Å². The fourth-order valence-corrected chi connectivity index (χ4v) is 14.8. The molecule has 488 valence electrons. The molecule has 2 aliphatic heterocycles. The van der Waals surface area contributed by atoms with Crippen molar-refractivity contribution in [2.45, 2.75) is 138 Å². The number of quaternary nitrogens is 1. The lowest BCUT2D eigenvalue weighted by Gasteiger charge is -2.36. The highest BCUT2D eigenvalue weighted by Gasteiger charge is 2.54. The summed E-state index contributed by atoms with van der Waals surface area (Å²) in [7, 11) is 5.55. The van der Waals surface area contributed by atoms with E-state index in [4.69, 9.17) is 49.7 Å². The number of pyridine rings is 2. The van der Waals surface area contributed by atoms with Crippen LogP contribution in [0.4, 0.5) is 15.3 Å². The van der Waals surface area contributed by atoms with Crippen LogP contribution in [0.3, 0.4) is 0 Å². The summed E-state index contributed by atoms with van der Waals surface area (Å²) in [5.41, 5.74) is 2.66. The number of anilines is 1. The molecule has 6 aromatic rings. The zero-order valence-electron chi connectivity index (χ0n) is 51.9. The summed E-state index contributed by atoms with van der Waals surface area (Å²) in [6.07, 6.45) is 21.5. The fourth-order valence-electron chi connectivity index (χ4n) is 10.4. The molecular weight excluding hydrogens is 1270 g/mol. The van der Waals surface area contributed by atoms with Crippen molar-refractivity contribution >= 4 is 92.3 Å². The van der Waals surface area contributed by atoms with Gasteiger partial charge in [-0.1, -0.05) is 167 Å². The Morgan fingerprint density at radius 2 is 1.13 bits per heavy atom. The first kappa shape index (κ1) is 71.0. The van der Waals surface area contributed by atoms with Gasteiger partial charge in [-0.15, -0.1) is 0 Å². The lowest BCUT2D eigenvalue weighted by atomic mass is 9.77. The summed E-state index contributed by atoms with van der Waals surface area (Å²) in [5, 5.41) is 8.43. The smallest absolute Gasteiger partial charge is 0.513 e. The van der Waals surface area contributed by atoms with Crippen molar-refractivity contribution in [1.29, 1.82) is 0 Å². The van der Waals surface area contributed by atoms with Crippen LogP contribution >= 0.6 is 63.2 Å². The molecule has 4 aromatic carbocycles. The van der Waals surface area contributed by atoms with Crippen LogP contribution in [-0.2, 0) is 46.5 Å².